The van der Waals surface area contributed by atoms with E-state index in [-0.39, 0.29) is 9.92 Å². The molecule has 0 atom stereocenters. The maximum absolute atomic E-state index is 13.3. The quantitative estimate of drug-likeness (QED) is 0.515. The van der Waals surface area contributed by atoms with Gasteiger partial charge in [0.25, 0.3) is 10.0 Å². The summed E-state index contributed by atoms with van der Waals surface area (Å²) in [7, 11) is -3.90. The van der Waals surface area contributed by atoms with Crippen LogP contribution in [0.25, 0.3) is 0 Å². The van der Waals surface area contributed by atoms with E-state index in [4.69, 9.17) is 11.6 Å². The average molecular weight is 476 g/mol. The van der Waals surface area contributed by atoms with Crippen LogP contribution in [-0.4, -0.2) is 31.5 Å². The Bertz CT molecular complexity index is 1220. The van der Waals surface area contributed by atoms with Crippen LogP contribution in [0.5, 0.6) is 0 Å². The molecule has 168 valence electrons. The van der Waals surface area contributed by atoms with Crippen molar-refractivity contribution in [2.75, 3.05) is 28.0 Å². The third kappa shape index (κ3) is 5.28. The van der Waals surface area contributed by atoms with Crippen LogP contribution in [0, 0.1) is 12.7 Å². The van der Waals surface area contributed by atoms with E-state index >= 15 is 0 Å². The molecule has 0 spiro atoms. The second-order valence-electron chi connectivity index (χ2n) is 7.62. The normalized spacial score (nSPS) is 14.3. The summed E-state index contributed by atoms with van der Waals surface area (Å²) < 4.78 is 40.9. The Morgan fingerprint density at radius 1 is 0.969 bits per heavy atom. The van der Waals surface area contributed by atoms with Gasteiger partial charge in [0.2, 0.25) is 5.95 Å². The molecule has 1 fully saturated rings. The Labute approximate surface area is 191 Å². The fourth-order valence-corrected chi connectivity index (χ4v) is 4.83. The van der Waals surface area contributed by atoms with Crippen LogP contribution in [0.4, 0.5) is 27.5 Å². The second-order valence-corrected chi connectivity index (χ2v) is 9.71. The number of piperidine rings is 1. The van der Waals surface area contributed by atoms with Crippen LogP contribution in [-0.2, 0) is 10.0 Å². The summed E-state index contributed by atoms with van der Waals surface area (Å²) in [5.41, 5.74) is 1.94. The van der Waals surface area contributed by atoms with Gasteiger partial charge in [-0.1, -0.05) is 11.6 Å². The number of aromatic nitrogens is 2. The lowest BCUT2D eigenvalue weighted by Crippen LogP contribution is -2.30. The molecule has 2 heterocycles. The maximum Gasteiger partial charge on any atom is 0.261 e. The minimum absolute atomic E-state index is 0.121. The van der Waals surface area contributed by atoms with Crippen molar-refractivity contribution < 1.29 is 12.8 Å². The molecule has 10 heteroatoms. The van der Waals surface area contributed by atoms with E-state index in [9.17, 15) is 12.8 Å². The van der Waals surface area contributed by atoms with Gasteiger partial charge in [-0.25, -0.2) is 17.8 Å². The molecule has 1 aliphatic rings. The van der Waals surface area contributed by atoms with E-state index in [0.29, 0.717) is 17.3 Å². The van der Waals surface area contributed by atoms with Crippen molar-refractivity contribution in [3.8, 4) is 0 Å². The predicted octanol–water partition coefficient (Wildman–Crippen LogP) is 5.11. The first kappa shape index (κ1) is 22.3. The summed E-state index contributed by atoms with van der Waals surface area (Å²) in [5, 5.41) is 2.92. The summed E-state index contributed by atoms with van der Waals surface area (Å²) >= 11 is 5.70. The Kier molecular flexibility index (Phi) is 6.48. The molecule has 1 aromatic heterocycles. The van der Waals surface area contributed by atoms with Crippen LogP contribution in [0.1, 0.15) is 25.0 Å². The van der Waals surface area contributed by atoms with E-state index in [1.165, 1.54) is 6.42 Å². The zero-order valence-electron chi connectivity index (χ0n) is 17.5. The summed E-state index contributed by atoms with van der Waals surface area (Å²) in [5.74, 6) is 0.713. The summed E-state index contributed by atoms with van der Waals surface area (Å²) in [6.45, 7) is 3.91. The Morgan fingerprint density at radius 2 is 1.66 bits per heavy atom. The highest BCUT2D eigenvalue weighted by Gasteiger charge is 2.17. The molecule has 7 nitrogen and oxygen atoms in total. The number of hydrogen-bond donors (Lipinski definition) is 2. The lowest BCUT2D eigenvalue weighted by molar-refractivity contribution is 0.573. The molecule has 2 N–H and O–H groups in total. The summed E-state index contributed by atoms with van der Waals surface area (Å²) in [6, 6.07) is 11.9. The number of nitrogens with one attached hydrogen (secondary N) is 2. The molecule has 0 radical (unpaired) electrons. The highest BCUT2D eigenvalue weighted by atomic mass is 35.5. The molecule has 1 aliphatic heterocycles. The average Bonchev–Trinajstić information content (AvgIpc) is 2.77. The smallest absolute Gasteiger partial charge is 0.261 e. The second kappa shape index (κ2) is 9.30. The topological polar surface area (TPSA) is 87.2 Å². The number of benzene rings is 2. The number of aryl methyl sites for hydroxylation is 1. The maximum atomic E-state index is 13.3. The molecule has 2 aromatic carbocycles. The van der Waals surface area contributed by atoms with Crippen molar-refractivity contribution in [3.63, 3.8) is 0 Å². The molecule has 0 saturated carbocycles. The lowest BCUT2D eigenvalue weighted by atomic mass is 10.1. The first-order valence-corrected chi connectivity index (χ1v) is 12.1. The number of rotatable bonds is 6. The van der Waals surface area contributed by atoms with Gasteiger partial charge in [0.15, 0.2) is 0 Å². The molecule has 0 bridgehead atoms. The monoisotopic (exact) mass is 475 g/mol. The van der Waals surface area contributed by atoms with Gasteiger partial charge in [0.05, 0.1) is 9.92 Å². The summed E-state index contributed by atoms with van der Waals surface area (Å²) in [6.07, 6.45) is 3.57. The van der Waals surface area contributed by atoms with Crippen LogP contribution in [0.3, 0.4) is 0 Å². The van der Waals surface area contributed by atoms with Crippen molar-refractivity contribution in [1.29, 1.82) is 0 Å². The zero-order chi connectivity index (χ0) is 22.7. The van der Waals surface area contributed by atoms with Crippen LogP contribution >= 0.6 is 11.6 Å². The SMILES string of the molecule is Cc1cc(N2CCCCC2)nc(Nc2ccc(NS(=O)(=O)c3ccc(F)c(Cl)c3)cc2)n1. The van der Waals surface area contributed by atoms with Gasteiger partial charge >= 0.3 is 0 Å². The van der Waals surface area contributed by atoms with Gasteiger partial charge in [-0.05, 0) is 68.7 Å². The molecule has 4 rings (SSSR count). The Hall–Kier alpha value is -2.91. The highest BCUT2D eigenvalue weighted by Crippen LogP contribution is 2.24. The molecular formula is C22H23ClFN5O2S. The van der Waals surface area contributed by atoms with E-state index in [1.54, 1.807) is 24.3 Å². The number of halogens is 2. The molecular weight excluding hydrogens is 453 g/mol. The summed E-state index contributed by atoms with van der Waals surface area (Å²) in [4.78, 5) is 11.2. The van der Waals surface area contributed by atoms with Gasteiger partial charge < -0.3 is 10.2 Å². The first-order valence-electron chi connectivity index (χ1n) is 10.3. The van der Waals surface area contributed by atoms with E-state index in [2.05, 4.69) is 24.9 Å². The van der Waals surface area contributed by atoms with Crippen molar-refractivity contribution in [2.24, 2.45) is 0 Å². The number of nitrogens with zero attached hydrogens (tertiary/aromatic N) is 3. The number of anilines is 4. The fraction of sp³-hybridized carbons (Fsp3) is 0.273. The van der Waals surface area contributed by atoms with Gasteiger partial charge in [0.1, 0.15) is 11.6 Å². The molecule has 0 amide bonds. The van der Waals surface area contributed by atoms with Crippen molar-refractivity contribution in [2.45, 2.75) is 31.1 Å². The largest absolute Gasteiger partial charge is 0.356 e. The first-order chi connectivity index (χ1) is 15.3. The van der Waals surface area contributed by atoms with Crippen molar-refractivity contribution >= 4 is 44.8 Å². The van der Waals surface area contributed by atoms with Gasteiger partial charge in [-0.3, -0.25) is 4.72 Å². The number of hydrogen-bond acceptors (Lipinski definition) is 6. The lowest BCUT2D eigenvalue weighted by Gasteiger charge is -2.28. The van der Waals surface area contributed by atoms with E-state index in [1.807, 2.05) is 13.0 Å². The van der Waals surface area contributed by atoms with E-state index in [0.717, 1.165) is 55.6 Å². The van der Waals surface area contributed by atoms with Crippen LogP contribution in [0.2, 0.25) is 5.02 Å². The molecule has 3 aromatic rings. The minimum Gasteiger partial charge on any atom is -0.356 e. The van der Waals surface area contributed by atoms with Gasteiger partial charge in [0, 0.05) is 36.2 Å². The van der Waals surface area contributed by atoms with Crippen molar-refractivity contribution in [1.82, 2.24) is 9.97 Å². The van der Waals surface area contributed by atoms with Crippen LogP contribution in [0.15, 0.2) is 53.4 Å². The minimum atomic E-state index is -3.90. The van der Waals surface area contributed by atoms with E-state index < -0.39 is 15.8 Å². The molecule has 0 aliphatic carbocycles. The fourth-order valence-electron chi connectivity index (χ4n) is 3.50. The molecule has 32 heavy (non-hydrogen) atoms. The van der Waals surface area contributed by atoms with Gasteiger partial charge in [-0.15, -0.1) is 0 Å². The molecule has 1 saturated heterocycles. The Morgan fingerprint density at radius 3 is 2.34 bits per heavy atom. The zero-order valence-corrected chi connectivity index (χ0v) is 19.0. The Balaban J connectivity index is 1.47. The molecule has 0 unspecified atom stereocenters. The third-order valence-corrected chi connectivity index (χ3v) is 6.78. The van der Waals surface area contributed by atoms with Crippen molar-refractivity contribution in [3.05, 3.63) is 65.1 Å². The standard InChI is InChI=1S/C22H23ClFN5O2S/c1-15-13-21(29-11-3-2-4-12-29)27-22(25-15)26-16-5-7-17(8-6-16)28-32(30,31)18-9-10-20(24)19(23)14-18/h5-10,13-14,28H,2-4,11-12H2,1H3,(H,25,26,27). The predicted molar refractivity (Wildman–Crippen MR) is 125 cm³/mol. The third-order valence-electron chi connectivity index (χ3n) is 5.12. The van der Waals surface area contributed by atoms with Gasteiger partial charge in [-0.2, -0.15) is 4.98 Å². The number of sulfonamides is 1. The van der Waals surface area contributed by atoms with Crippen LogP contribution < -0.4 is 14.9 Å². The highest BCUT2D eigenvalue weighted by molar-refractivity contribution is 7.92.